The van der Waals surface area contributed by atoms with Crippen LogP contribution in [0.2, 0.25) is 5.02 Å². The quantitative estimate of drug-likeness (QED) is 0.662. The average molecular weight is 327 g/mol. The predicted molar refractivity (Wildman–Crippen MR) is 69.0 cm³/mol. The number of hydrogen-bond donors (Lipinski definition) is 1. The van der Waals surface area contributed by atoms with E-state index in [1.807, 2.05) is 0 Å². The van der Waals surface area contributed by atoms with Crippen molar-refractivity contribution in [3.63, 3.8) is 0 Å². The van der Waals surface area contributed by atoms with Crippen LogP contribution in [0.4, 0.5) is 24.5 Å². The summed E-state index contributed by atoms with van der Waals surface area (Å²) < 4.78 is 37.5. The van der Waals surface area contributed by atoms with E-state index in [0.29, 0.717) is 11.0 Å². The number of carboxylic acids is 1. The molecule has 0 saturated carbocycles. The van der Waals surface area contributed by atoms with Gasteiger partial charge in [0.2, 0.25) is 0 Å². The first-order valence-electron chi connectivity index (χ1n) is 5.59. The Morgan fingerprint density at radius 3 is 2.43 bits per heavy atom. The lowest BCUT2D eigenvalue weighted by atomic mass is 10.1. The summed E-state index contributed by atoms with van der Waals surface area (Å²) >= 11 is 5.75. The molecule has 6 nitrogen and oxygen atoms in total. The lowest BCUT2D eigenvalue weighted by Gasteiger charge is -2.26. The summed E-state index contributed by atoms with van der Waals surface area (Å²) in [4.78, 5) is 21.6. The Kier molecular flexibility index (Phi) is 5.00. The summed E-state index contributed by atoms with van der Waals surface area (Å²) in [7, 11) is 0. The molecule has 0 bridgehead atoms. The summed E-state index contributed by atoms with van der Waals surface area (Å²) in [5, 5.41) is 19.3. The van der Waals surface area contributed by atoms with Crippen LogP contribution < -0.4 is 4.90 Å². The van der Waals surface area contributed by atoms with Gasteiger partial charge in [-0.1, -0.05) is 11.6 Å². The minimum Gasteiger partial charge on any atom is -0.478 e. The Balaban J connectivity index is 3.45. The number of carbonyl (C=O) groups is 1. The molecular formula is C11H10ClF3N2O4. The summed E-state index contributed by atoms with van der Waals surface area (Å²) in [5.41, 5.74) is -1.65. The van der Waals surface area contributed by atoms with Crippen LogP contribution in [-0.4, -0.2) is 35.3 Å². The molecule has 0 amide bonds. The predicted octanol–water partition coefficient (Wildman–Crippen LogP) is 3.34. The maximum absolute atomic E-state index is 12.5. The number of nitro groups is 1. The molecule has 0 atom stereocenters. The Hall–Kier alpha value is -2.03. The summed E-state index contributed by atoms with van der Waals surface area (Å²) in [5.74, 6) is -1.60. The van der Waals surface area contributed by atoms with Crippen LogP contribution >= 0.6 is 11.6 Å². The highest BCUT2D eigenvalue weighted by atomic mass is 35.5. The molecule has 0 spiro atoms. The minimum absolute atomic E-state index is 0.169. The number of non-ortho nitro benzene ring substituents is 1. The van der Waals surface area contributed by atoms with Crippen molar-refractivity contribution in [3.8, 4) is 0 Å². The molecule has 0 heterocycles. The van der Waals surface area contributed by atoms with Crippen LogP contribution in [0.1, 0.15) is 17.3 Å². The van der Waals surface area contributed by atoms with E-state index in [1.165, 1.54) is 6.92 Å². The van der Waals surface area contributed by atoms with Gasteiger partial charge >= 0.3 is 12.1 Å². The largest absolute Gasteiger partial charge is 0.478 e. The van der Waals surface area contributed by atoms with E-state index in [1.54, 1.807) is 0 Å². The number of anilines is 1. The molecule has 0 radical (unpaired) electrons. The monoisotopic (exact) mass is 326 g/mol. The SMILES string of the molecule is CCN(CC(F)(F)F)c1c(Cl)cc([N+](=O)[O-])cc1C(=O)O. The zero-order valence-corrected chi connectivity index (χ0v) is 11.4. The lowest BCUT2D eigenvalue weighted by molar-refractivity contribution is -0.384. The molecule has 0 aliphatic heterocycles. The molecule has 1 N–H and O–H groups in total. The molecule has 10 heteroatoms. The molecule has 1 aromatic rings. The van der Waals surface area contributed by atoms with E-state index < -0.39 is 45.6 Å². The average Bonchev–Trinajstić information content (AvgIpc) is 2.33. The topological polar surface area (TPSA) is 83.7 Å². The molecule has 0 aliphatic rings. The standard InChI is InChI=1S/C11H10ClF3N2O4/c1-2-16(5-11(13,14)15)9-7(10(18)19)3-6(17(20)21)4-8(9)12/h3-4H,2,5H2,1H3,(H,18,19). The number of rotatable bonds is 5. The third-order valence-electron chi connectivity index (χ3n) is 2.56. The first kappa shape index (κ1) is 17.0. The Morgan fingerprint density at radius 2 is 2.05 bits per heavy atom. The molecule has 1 rings (SSSR count). The number of aromatic carboxylic acids is 1. The van der Waals surface area contributed by atoms with E-state index in [-0.39, 0.29) is 6.54 Å². The molecule has 1 aromatic carbocycles. The number of nitro benzene ring substituents is 1. The van der Waals surface area contributed by atoms with Crippen molar-refractivity contribution in [3.05, 3.63) is 32.8 Å². The molecule has 21 heavy (non-hydrogen) atoms. The molecular weight excluding hydrogens is 317 g/mol. The molecule has 0 fully saturated rings. The highest BCUT2D eigenvalue weighted by molar-refractivity contribution is 6.34. The van der Waals surface area contributed by atoms with Crippen LogP contribution in [0.3, 0.4) is 0 Å². The van der Waals surface area contributed by atoms with Gasteiger partial charge < -0.3 is 10.0 Å². The van der Waals surface area contributed by atoms with E-state index >= 15 is 0 Å². The third kappa shape index (κ3) is 4.22. The normalized spacial score (nSPS) is 11.3. The molecule has 0 saturated heterocycles. The van der Waals surface area contributed by atoms with Crippen molar-refractivity contribution in [2.45, 2.75) is 13.1 Å². The second-order valence-electron chi connectivity index (χ2n) is 4.02. The first-order chi connectivity index (χ1) is 9.56. The van der Waals surface area contributed by atoms with Crippen molar-refractivity contribution in [1.82, 2.24) is 0 Å². The van der Waals surface area contributed by atoms with E-state index in [2.05, 4.69) is 0 Å². The summed E-state index contributed by atoms with van der Waals surface area (Å²) in [6, 6.07) is 1.50. The number of hydrogen-bond acceptors (Lipinski definition) is 4. The molecule has 0 aromatic heterocycles. The van der Waals surface area contributed by atoms with Crippen molar-refractivity contribution < 1.29 is 28.0 Å². The smallest absolute Gasteiger partial charge is 0.405 e. The number of nitrogens with zero attached hydrogens (tertiary/aromatic N) is 2. The molecule has 116 valence electrons. The second-order valence-corrected chi connectivity index (χ2v) is 4.42. The van der Waals surface area contributed by atoms with Gasteiger partial charge in [-0.15, -0.1) is 0 Å². The van der Waals surface area contributed by atoms with Crippen LogP contribution in [0, 0.1) is 10.1 Å². The number of halogens is 4. The van der Waals surface area contributed by atoms with Crippen molar-refractivity contribution in [1.29, 1.82) is 0 Å². The van der Waals surface area contributed by atoms with Gasteiger partial charge in [-0.25, -0.2) is 4.79 Å². The highest BCUT2D eigenvalue weighted by Crippen LogP contribution is 2.35. The minimum atomic E-state index is -4.57. The van der Waals surface area contributed by atoms with Gasteiger partial charge in [0.05, 0.1) is 21.2 Å². The fourth-order valence-corrected chi connectivity index (χ4v) is 2.07. The van der Waals surface area contributed by atoms with Gasteiger partial charge in [0.25, 0.3) is 5.69 Å². The van der Waals surface area contributed by atoms with Gasteiger partial charge in [-0.2, -0.15) is 13.2 Å². The third-order valence-corrected chi connectivity index (χ3v) is 2.85. The van der Waals surface area contributed by atoms with Gasteiger partial charge in [0, 0.05) is 18.7 Å². The molecule has 0 aliphatic carbocycles. The Bertz CT molecular complexity index is 577. The van der Waals surface area contributed by atoms with Gasteiger partial charge in [0.15, 0.2) is 0 Å². The lowest BCUT2D eigenvalue weighted by Crippen LogP contribution is -2.35. The van der Waals surface area contributed by atoms with Crippen LogP contribution in [0.5, 0.6) is 0 Å². The van der Waals surface area contributed by atoms with Crippen LogP contribution in [0.25, 0.3) is 0 Å². The first-order valence-corrected chi connectivity index (χ1v) is 5.97. The van der Waals surface area contributed by atoms with Crippen molar-refractivity contribution in [2.24, 2.45) is 0 Å². The van der Waals surface area contributed by atoms with E-state index in [4.69, 9.17) is 16.7 Å². The van der Waals surface area contributed by atoms with Crippen molar-refractivity contribution >= 4 is 28.9 Å². The number of alkyl halides is 3. The van der Waals surface area contributed by atoms with Gasteiger partial charge in [0.1, 0.15) is 6.54 Å². The van der Waals surface area contributed by atoms with Crippen LogP contribution in [0.15, 0.2) is 12.1 Å². The van der Waals surface area contributed by atoms with E-state index in [0.717, 1.165) is 6.07 Å². The highest BCUT2D eigenvalue weighted by Gasteiger charge is 2.33. The maximum Gasteiger partial charge on any atom is 0.405 e. The fourth-order valence-electron chi connectivity index (χ4n) is 1.74. The fraction of sp³-hybridized carbons (Fsp3) is 0.364. The van der Waals surface area contributed by atoms with E-state index in [9.17, 15) is 28.1 Å². The number of carboxylic acid groups (broad SMARTS) is 1. The zero-order valence-electron chi connectivity index (χ0n) is 10.6. The summed E-state index contributed by atoms with van der Waals surface area (Å²) in [6.07, 6.45) is -4.57. The van der Waals surface area contributed by atoms with Gasteiger partial charge in [-0.05, 0) is 6.92 Å². The molecule has 0 unspecified atom stereocenters. The maximum atomic E-state index is 12.5. The Labute approximate surface area is 121 Å². The van der Waals surface area contributed by atoms with Crippen LogP contribution in [-0.2, 0) is 0 Å². The zero-order chi connectivity index (χ0) is 16.4. The Morgan fingerprint density at radius 1 is 1.48 bits per heavy atom. The summed E-state index contributed by atoms with van der Waals surface area (Å²) in [6.45, 7) is -0.201. The second kappa shape index (κ2) is 6.17. The van der Waals surface area contributed by atoms with Crippen molar-refractivity contribution in [2.75, 3.05) is 18.0 Å². The number of benzene rings is 1. The van der Waals surface area contributed by atoms with Gasteiger partial charge in [-0.3, -0.25) is 10.1 Å².